The molecule has 1 rings (SSSR count). The third-order valence-electron chi connectivity index (χ3n) is 4.23. The number of hydrogen-bond acceptors (Lipinski definition) is 1. The van der Waals surface area contributed by atoms with E-state index >= 15 is 0 Å². The van der Waals surface area contributed by atoms with Crippen molar-refractivity contribution in [1.29, 1.82) is 0 Å². The number of alkyl halides is 13. The smallest absolute Gasteiger partial charge is 0.388 e. The maximum absolute atomic E-state index is 14.1. The number of hydrogen-bond donors (Lipinski definition) is 1. The average molecular weight is 489 g/mol. The highest BCUT2D eigenvalue weighted by Crippen LogP contribution is 2.62. The first kappa shape index (κ1) is 26.6. The van der Waals surface area contributed by atoms with E-state index in [2.05, 4.69) is 0 Å². The molecule has 15 heteroatoms. The molecule has 2 atom stereocenters. The zero-order chi connectivity index (χ0) is 24.1. The van der Waals surface area contributed by atoms with E-state index in [1.807, 2.05) is 0 Å². The molecule has 1 N–H and O–H groups in total. The fraction of sp³-hybridized carbons (Fsp3) is 0.600. The minimum absolute atomic E-state index is 0.0436. The van der Waals surface area contributed by atoms with Crippen LogP contribution in [0.1, 0.15) is 18.6 Å². The molecule has 0 aliphatic carbocycles. The summed E-state index contributed by atoms with van der Waals surface area (Å²) >= 11 is 5.52. The molecular formula is C15H10ClF13O. The molecule has 0 amide bonds. The van der Waals surface area contributed by atoms with Crippen LogP contribution in [0.15, 0.2) is 24.3 Å². The molecule has 30 heavy (non-hydrogen) atoms. The summed E-state index contributed by atoms with van der Waals surface area (Å²) in [5, 5.41) is 9.22. The number of halogens is 14. The Bertz CT molecular complexity index is 759. The van der Waals surface area contributed by atoms with Gasteiger partial charge in [-0.2, -0.15) is 57.1 Å². The van der Waals surface area contributed by atoms with Gasteiger partial charge in [0.15, 0.2) is 0 Å². The van der Waals surface area contributed by atoms with Crippen molar-refractivity contribution < 1.29 is 62.2 Å². The van der Waals surface area contributed by atoms with Crippen LogP contribution in [0, 0.1) is 5.92 Å². The van der Waals surface area contributed by atoms with E-state index in [1.54, 1.807) is 0 Å². The molecule has 1 nitrogen and oxygen atoms in total. The van der Waals surface area contributed by atoms with Gasteiger partial charge in [-0.25, -0.2) is 0 Å². The lowest BCUT2D eigenvalue weighted by atomic mass is 9.83. The second-order valence-electron chi connectivity index (χ2n) is 6.17. The van der Waals surface area contributed by atoms with Crippen molar-refractivity contribution in [3.05, 3.63) is 34.9 Å². The first-order chi connectivity index (χ1) is 13.1. The number of aliphatic hydroxyl groups excluding tert-OH is 1. The zero-order valence-corrected chi connectivity index (χ0v) is 15.0. The van der Waals surface area contributed by atoms with Crippen LogP contribution < -0.4 is 0 Å². The topological polar surface area (TPSA) is 20.2 Å². The molecule has 0 saturated carbocycles. The van der Waals surface area contributed by atoms with Crippen molar-refractivity contribution in [2.24, 2.45) is 5.92 Å². The Balaban J connectivity index is 3.50. The van der Waals surface area contributed by atoms with Crippen LogP contribution in [0.4, 0.5) is 57.1 Å². The van der Waals surface area contributed by atoms with Gasteiger partial charge >= 0.3 is 35.8 Å². The van der Waals surface area contributed by atoms with Gasteiger partial charge in [0.2, 0.25) is 0 Å². The molecule has 0 aliphatic heterocycles. The third kappa shape index (κ3) is 3.69. The lowest BCUT2D eigenvalue weighted by Crippen LogP contribution is -2.71. The van der Waals surface area contributed by atoms with Crippen LogP contribution >= 0.6 is 11.6 Å². The van der Waals surface area contributed by atoms with Crippen LogP contribution in [-0.4, -0.2) is 40.9 Å². The minimum Gasteiger partial charge on any atom is -0.388 e. The largest absolute Gasteiger partial charge is 0.460 e. The van der Waals surface area contributed by atoms with Crippen LogP contribution in [0.2, 0.25) is 5.02 Å². The fourth-order valence-corrected chi connectivity index (χ4v) is 2.50. The molecule has 0 spiro atoms. The Morgan fingerprint density at radius 2 is 1.10 bits per heavy atom. The molecule has 0 aromatic heterocycles. The Morgan fingerprint density at radius 1 is 0.700 bits per heavy atom. The van der Waals surface area contributed by atoms with E-state index in [0.29, 0.717) is 0 Å². The Hall–Kier alpha value is -1.44. The maximum Gasteiger partial charge on any atom is 0.460 e. The fourth-order valence-electron chi connectivity index (χ4n) is 2.25. The van der Waals surface area contributed by atoms with E-state index < -0.39 is 58.4 Å². The normalized spacial score (nSPS) is 17.1. The summed E-state index contributed by atoms with van der Waals surface area (Å²) in [5.41, 5.74) is -0.752. The zero-order valence-electron chi connectivity index (χ0n) is 14.2. The monoisotopic (exact) mass is 488 g/mol. The summed E-state index contributed by atoms with van der Waals surface area (Å²) in [6, 6.07) is 3.90. The number of rotatable bonds is 7. The summed E-state index contributed by atoms with van der Waals surface area (Å²) in [6.07, 6.45) is -10.3. The average Bonchev–Trinajstić information content (AvgIpc) is 2.59. The molecule has 174 valence electrons. The Morgan fingerprint density at radius 3 is 1.50 bits per heavy atom. The second-order valence-corrected chi connectivity index (χ2v) is 6.58. The minimum atomic E-state index is -7.99. The van der Waals surface area contributed by atoms with Crippen molar-refractivity contribution in [3.8, 4) is 0 Å². The van der Waals surface area contributed by atoms with Gasteiger partial charge in [-0.15, -0.1) is 0 Å². The standard InChI is InChI=1S/C15H10ClF13O/c1-6(9(30)7-4-2-3-5-8(7)16)10(17,18)11(19,20)12(21,22)13(23,24)14(25,26)15(27,28)29/h2-6,9,30H,1H3. The summed E-state index contributed by atoms with van der Waals surface area (Å²) < 4.78 is 171. The highest BCUT2D eigenvalue weighted by atomic mass is 35.5. The maximum atomic E-state index is 14.1. The van der Waals surface area contributed by atoms with Crippen molar-refractivity contribution in [2.45, 2.75) is 48.8 Å². The molecule has 0 saturated heterocycles. The highest BCUT2D eigenvalue weighted by Gasteiger charge is 2.91. The lowest BCUT2D eigenvalue weighted by Gasteiger charge is -2.42. The van der Waals surface area contributed by atoms with E-state index in [0.717, 1.165) is 18.2 Å². The van der Waals surface area contributed by atoms with Gasteiger partial charge in [-0.1, -0.05) is 36.7 Å². The van der Waals surface area contributed by atoms with Gasteiger partial charge in [0.25, 0.3) is 0 Å². The SMILES string of the molecule is CC(C(O)c1ccccc1Cl)C(F)(F)C(F)(F)C(F)(F)C(F)(F)C(F)(F)C(F)(F)F. The van der Waals surface area contributed by atoms with Crippen molar-refractivity contribution in [1.82, 2.24) is 0 Å². The van der Waals surface area contributed by atoms with Crippen molar-refractivity contribution >= 4 is 11.6 Å². The van der Waals surface area contributed by atoms with Gasteiger partial charge in [-0.3, -0.25) is 0 Å². The van der Waals surface area contributed by atoms with E-state index in [4.69, 9.17) is 11.6 Å². The first-order valence-electron chi connectivity index (χ1n) is 7.47. The summed E-state index contributed by atoms with van der Waals surface area (Å²) in [4.78, 5) is 0. The summed E-state index contributed by atoms with van der Waals surface area (Å²) in [6.45, 7) is -0.0436. The lowest BCUT2D eigenvalue weighted by molar-refractivity contribution is -0.444. The van der Waals surface area contributed by atoms with Gasteiger partial charge in [-0.05, 0) is 11.6 Å². The van der Waals surface area contributed by atoms with Crippen molar-refractivity contribution in [2.75, 3.05) is 0 Å². The number of aliphatic hydroxyl groups is 1. The molecule has 0 fully saturated rings. The predicted molar refractivity (Wildman–Crippen MR) is 76.4 cm³/mol. The summed E-state index contributed by atoms with van der Waals surface area (Å²) in [5.74, 6) is -41.0. The van der Waals surface area contributed by atoms with Crippen LogP contribution in [-0.2, 0) is 0 Å². The summed E-state index contributed by atoms with van der Waals surface area (Å²) in [7, 11) is 0. The first-order valence-corrected chi connectivity index (χ1v) is 7.85. The van der Waals surface area contributed by atoms with Crippen LogP contribution in [0.25, 0.3) is 0 Å². The van der Waals surface area contributed by atoms with E-state index in [9.17, 15) is 62.2 Å². The van der Waals surface area contributed by atoms with Gasteiger partial charge in [0.05, 0.1) is 12.0 Å². The van der Waals surface area contributed by atoms with Gasteiger partial charge in [0, 0.05) is 5.02 Å². The highest BCUT2D eigenvalue weighted by molar-refractivity contribution is 6.31. The molecule has 1 aromatic carbocycles. The van der Waals surface area contributed by atoms with Gasteiger partial charge in [0.1, 0.15) is 0 Å². The molecule has 1 aromatic rings. The predicted octanol–water partition coefficient (Wildman–Crippen LogP) is 6.75. The van der Waals surface area contributed by atoms with Crippen molar-refractivity contribution in [3.63, 3.8) is 0 Å². The molecule has 2 unspecified atom stereocenters. The van der Waals surface area contributed by atoms with E-state index in [1.165, 1.54) is 6.07 Å². The van der Waals surface area contributed by atoms with Crippen LogP contribution in [0.3, 0.4) is 0 Å². The second kappa shape index (κ2) is 7.61. The third-order valence-corrected chi connectivity index (χ3v) is 4.57. The van der Waals surface area contributed by atoms with Crippen LogP contribution in [0.5, 0.6) is 0 Å². The number of benzene rings is 1. The molecule has 0 bridgehead atoms. The van der Waals surface area contributed by atoms with E-state index in [-0.39, 0.29) is 6.92 Å². The van der Waals surface area contributed by atoms with Gasteiger partial charge < -0.3 is 5.11 Å². The molecule has 0 heterocycles. The molecule has 0 aliphatic rings. The Kier molecular flexibility index (Phi) is 6.74. The Labute approximate surface area is 164 Å². The quantitative estimate of drug-likeness (QED) is 0.421. The molecular weight excluding hydrogens is 479 g/mol. The molecule has 0 radical (unpaired) electrons.